The minimum atomic E-state index is -3.82. The Kier molecular flexibility index (Phi) is 5.44. The van der Waals surface area contributed by atoms with Crippen LogP contribution in [0.3, 0.4) is 0 Å². The van der Waals surface area contributed by atoms with Crippen LogP contribution < -0.4 is 4.72 Å². The van der Waals surface area contributed by atoms with Crippen LogP contribution in [0.1, 0.15) is 35.6 Å². The predicted octanol–water partition coefficient (Wildman–Crippen LogP) is 2.95. The Labute approximate surface area is 155 Å². The molecule has 0 spiro atoms. The monoisotopic (exact) mass is 372 g/mol. The van der Waals surface area contributed by atoms with Crippen molar-refractivity contribution in [2.24, 2.45) is 0 Å². The summed E-state index contributed by atoms with van der Waals surface area (Å²) < 4.78 is 28.5. The molecule has 0 aliphatic carbocycles. The summed E-state index contributed by atoms with van der Waals surface area (Å²) >= 11 is 0. The predicted molar refractivity (Wildman–Crippen MR) is 101 cm³/mol. The molecule has 1 atom stereocenters. The van der Waals surface area contributed by atoms with Gasteiger partial charge in [0, 0.05) is 13.1 Å². The first kappa shape index (κ1) is 18.6. The van der Waals surface area contributed by atoms with Crippen LogP contribution in [0.5, 0.6) is 0 Å². The molecule has 1 amide bonds. The van der Waals surface area contributed by atoms with E-state index in [0.29, 0.717) is 18.7 Å². The number of sulfonamides is 1. The van der Waals surface area contributed by atoms with E-state index in [9.17, 15) is 13.2 Å². The molecular weight excluding hydrogens is 348 g/mol. The van der Waals surface area contributed by atoms with Gasteiger partial charge in [0.05, 0.1) is 4.90 Å². The van der Waals surface area contributed by atoms with Gasteiger partial charge >= 0.3 is 0 Å². The highest BCUT2D eigenvalue weighted by Gasteiger charge is 2.31. The molecule has 0 aromatic heterocycles. The topological polar surface area (TPSA) is 66.5 Å². The second kappa shape index (κ2) is 7.60. The molecule has 5 nitrogen and oxygen atoms in total. The standard InChI is InChI=1S/C20H24N2O3S/c1-15-10-11-18(14-16(15)2)26(24,25)21-19(17-8-4-3-5-9-17)20(23)22-12-6-7-13-22/h3-5,8-11,14,19,21H,6-7,12-13H2,1-2H3. The fourth-order valence-electron chi connectivity index (χ4n) is 3.13. The number of amides is 1. The molecule has 1 aliphatic rings. The van der Waals surface area contributed by atoms with Gasteiger partial charge in [-0.2, -0.15) is 4.72 Å². The zero-order chi connectivity index (χ0) is 18.7. The number of aryl methyl sites for hydroxylation is 2. The third-order valence-electron chi connectivity index (χ3n) is 4.86. The van der Waals surface area contributed by atoms with Crippen molar-refractivity contribution in [3.63, 3.8) is 0 Å². The van der Waals surface area contributed by atoms with Crippen molar-refractivity contribution >= 4 is 15.9 Å². The Morgan fingerprint density at radius 2 is 1.65 bits per heavy atom. The Bertz CT molecular complexity index is 889. The molecule has 1 unspecified atom stereocenters. The Balaban J connectivity index is 1.94. The first-order valence-electron chi connectivity index (χ1n) is 8.82. The number of likely N-dealkylation sites (tertiary alicyclic amines) is 1. The van der Waals surface area contributed by atoms with Crippen molar-refractivity contribution in [3.8, 4) is 0 Å². The van der Waals surface area contributed by atoms with Crippen LogP contribution in [0.25, 0.3) is 0 Å². The highest BCUT2D eigenvalue weighted by atomic mass is 32.2. The highest BCUT2D eigenvalue weighted by molar-refractivity contribution is 7.89. The molecular formula is C20H24N2O3S. The van der Waals surface area contributed by atoms with Crippen LogP contribution in [0.15, 0.2) is 53.4 Å². The van der Waals surface area contributed by atoms with Crippen molar-refractivity contribution in [1.29, 1.82) is 0 Å². The van der Waals surface area contributed by atoms with E-state index >= 15 is 0 Å². The fraction of sp³-hybridized carbons (Fsp3) is 0.350. The van der Waals surface area contributed by atoms with E-state index < -0.39 is 16.1 Å². The molecule has 26 heavy (non-hydrogen) atoms. The van der Waals surface area contributed by atoms with Crippen LogP contribution in [-0.2, 0) is 14.8 Å². The average Bonchev–Trinajstić information content (AvgIpc) is 3.17. The lowest BCUT2D eigenvalue weighted by molar-refractivity contribution is -0.132. The Morgan fingerprint density at radius 1 is 1.00 bits per heavy atom. The van der Waals surface area contributed by atoms with Gasteiger partial charge in [-0.25, -0.2) is 8.42 Å². The fourth-order valence-corrected chi connectivity index (χ4v) is 4.39. The second-order valence-electron chi connectivity index (χ2n) is 6.74. The third-order valence-corrected chi connectivity index (χ3v) is 6.28. The van der Waals surface area contributed by atoms with Crippen LogP contribution in [0.4, 0.5) is 0 Å². The maximum atomic E-state index is 13.0. The number of nitrogens with zero attached hydrogens (tertiary/aromatic N) is 1. The second-order valence-corrected chi connectivity index (χ2v) is 8.46. The number of rotatable bonds is 5. The van der Waals surface area contributed by atoms with Crippen LogP contribution in [-0.4, -0.2) is 32.3 Å². The summed E-state index contributed by atoms with van der Waals surface area (Å²) in [6, 6.07) is 13.1. The Hall–Kier alpha value is -2.18. The summed E-state index contributed by atoms with van der Waals surface area (Å²) in [5.74, 6) is -0.193. The summed E-state index contributed by atoms with van der Waals surface area (Å²) in [6.07, 6.45) is 1.91. The van der Waals surface area contributed by atoms with E-state index in [4.69, 9.17) is 0 Å². The molecule has 1 fully saturated rings. The molecule has 1 aliphatic heterocycles. The lowest BCUT2D eigenvalue weighted by Gasteiger charge is -2.24. The molecule has 0 bridgehead atoms. The molecule has 1 N–H and O–H groups in total. The zero-order valence-corrected chi connectivity index (χ0v) is 15.9. The van der Waals surface area contributed by atoms with Gasteiger partial charge in [0.25, 0.3) is 0 Å². The minimum absolute atomic E-state index is 0.177. The number of benzene rings is 2. The first-order chi connectivity index (χ1) is 12.4. The molecule has 2 aromatic carbocycles. The molecule has 0 saturated carbocycles. The minimum Gasteiger partial charge on any atom is -0.341 e. The van der Waals surface area contributed by atoms with Gasteiger partial charge in [-0.15, -0.1) is 0 Å². The molecule has 3 rings (SSSR count). The van der Waals surface area contributed by atoms with Gasteiger partial charge < -0.3 is 4.90 Å². The third kappa shape index (κ3) is 3.97. The van der Waals surface area contributed by atoms with Gasteiger partial charge in [0.15, 0.2) is 0 Å². The maximum absolute atomic E-state index is 13.0. The summed E-state index contributed by atoms with van der Waals surface area (Å²) in [5, 5.41) is 0. The molecule has 138 valence electrons. The lowest BCUT2D eigenvalue weighted by atomic mass is 10.1. The average molecular weight is 372 g/mol. The summed E-state index contributed by atoms with van der Waals surface area (Å²) in [6.45, 7) is 5.16. The van der Waals surface area contributed by atoms with Crippen molar-refractivity contribution in [1.82, 2.24) is 9.62 Å². The van der Waals surface area contributed by atoms with E-state index in [1.54, 1.807) is 35.2 Å². The lowest BCUT2D eigenvalue weighted by Crippen LogP contribution is -2.41. The Morgan fingerprint density at radius 3 is 2.27 bits per heavy atom. The number of nitrogens with one attached hydrogen (secondary N) is 1. The van der Waals surface area contributed by atoms with Crippen molar-refractivity contribution < 1.29 is 13.2 Å². The van der Waals surface area contributed by atoms with Crippen molar-refractivity contribution in [3.05, 3.63) is 65.2 Å². The van der Waals surface area contributed by atoms with Crippen LogP contribution in [0, 0.1) is 13.8 Å². The zero-order valence-electron chi connectivity index (χ0n) is 15.1. The van der Waals surface area contributed by atoms with E-state index in [2.05, 4.69) is 4.72 Å². The summed E-state index contributed by atoms with van der Waals surface area (Å²) in [4.78, 5) is 14.9. The number of hydrogen-bond donors (Lipinski definition) is 1. The van der Waals surface area contributed by atoms with E-state index in [1.807, 2.05) is 32.0 Å². The summed E-state index contributed by atoms with van der Waals surface area (Å²) in [7, 11) is -3.82. The van der Waals surface area contributed by atoms with Crippen molar-refractivity contribution in [2.45, 2.75) is 37.6 Å². The van der Waals surface area contributed by atoms with Gasteiger partial charge in [-0.1, -0.05) is 36.4 Å². The van der Waals surface area contributed by atoms with E-state index in [1.165, 1.54) is 0 Å². The van der Waals surface area contributed by atoms with Gasteiger partial charge in [0.1, 0.15) is 6.04 Å². The first-order valence-corrected chi connectivity index (χ1v) is 10.3. The van der Waals surface area contributed by atoms with Gasteiger partial charge in [-0.3, -0.25) is 4.79 Å². The molecule has 6 heteroatoms. The molecule has 0 radical (unpaired) electrons. The van der Waals surface area contributed by atoms with Crippen molar-refractivity contribution in [2.75, 3.05) is 13.1 Å². The maximum Gasteiger partial charge on any atom is 0.245 e. The molecule has 1 heterocycles. The van der Waals surface area contributed by atoms with Gasteiger partial charge in [-0.05, 0) is 55.5 Å². The van der Waals surface area contributed by atoms with E-state index in [0.717, 1.165) is 24.0 Å². The highest BCUT2D eigenvalue weighted by Crippen LogP contribution is 2.23. The smallest absolute Gasteiger partial charge is 0.245 e. The quantitative estimate of drug-likeness (QED) is 0.877. The molecule has 1 saturated heterocycles. The van der Waals surface area contributed by atoms with Crippen LogP contribution in [0.2, 0.25) is 0 Å². The number of carbonyl (C=O) groups is 1. The van der Waals surface area contributed by atoms with E-state index in [-0.39, 0.29) is 10.8 Å². The van der Waals surface area contributed by atoms with Gasteiger partial charge in [0.2, 0.25) is 15.9 Å². The summed E-state index contributed by atoms with van der Waals surface area (Å²) in [5.41, 5.74) is 2.57. The normalized spacial score (nSPS) is 15.8. The van der Waals surface area contributed by atoms with Crippen LogP contribution >= 0.6 is 0 Å². The molecule has 2 aromatic rings. The SMILES string of the molecule is Cc1ccc(S(=O)(=O)NC(C(=O)N2CCCC2)c2ccccc2)cc1C. The number of carbonyl (C=O) groups excluding carboxylic acids is 1. The largest absolute Gasteiger partial charge is 0.341 e. The number of hydrogen-bond acceptors (Lipinski definition) is 3.